The second-order valence-corrected chi connectivity index (χ2v) is 8.06. The number of rotatable bonds is 6. The summed E-state index contributed by atoms with van der Waals surface area (Å²) in [5.41, 5.74) is 5.11. The van der Waals surface area contributed by atoms with Gasteiger partial charge in [0.1, 0.15) is 6.04 Å². The summed E-state index contributed by atoms with van der Waals surface area (Å²) in [4.78, 5) is 47.9. The summed E-state index contributed by atoms with van der Waals surface area (Å²) in [6.45, 7) is 0.941. The molecule has 2 aliphatic heterocycles. The first-order valence-electron chi connectivity index (χ1n) is 7.87. The third kappa shape index (κ3) is 4.69. The van der Waals surface area contributed by atoms with Crippen molar-refractivity contribution in [3.8, 4) is 0 Å². The number of nitrogens with one attached hydrogen (secondary N) is 1. The fourth-order valence-electron chi connectivity index (χ4n) is 2.64. The zero-order chi connectivity index (χ0) is 19.5. The Hall–Kier alpha value is -2.21. The number of carbonyl (C=O) groups excluding carboxylic acids is 4. The minimum atomic E-state index is -3.92. The van der Waals surface area contributed by atoms with E-state index >= 15 is 0 Å². The summed E-state index contributed by atoms with van der Waals surface area (Å²) >= 11 is 0. The molecule has 145 valence electrons. The number of cyclic esters (lactones) is 1. The molecule has 0 saturated carbocycles. The number of primary amides is 1. The van der Waals surface area contributed by atoms with Gasteiger partial charge in [0.25, 0.3) is 0 Å². The number of hydrogen-bond acceptors (Lipinski definition) is 8. The number of ether oxygens (including phenoxy) is 2. The maximum absolute atomic E-state index is 12.2. The summed E-state index contributed by atoms with van der Waals surface area (Å²) in [6, 6.07) is -0.725. The van der Waals surface area contributed by atoms with E-state index in [1.54, 1.807) is 6.92 Å². The van der Waals surface area contributed by atoms with Gasteiger partial charge >= 0.3 is 5.97 Å². The van der Waals surface area contributed by atoms with Gasteiger partial charge in [0.2, 0.25) is 24.0 Å². The lowest BCUT2D eigenvalue weighted by Crippen LogP contribution is -2.50. The molecular formula is C14H20N3O8S. The van der Waals surface area contributed by atoms with Crippen LogP contribution in [0.15, 0.2) is 0 Å². The highest BCUT2D eigenvalue weighted by Crippen LogP contribution is 2.17. The summed E-state index contributed by atoms with van der Waals surface area (Å²) in [6.07, 6.45) is -0.132. The molecule has 3 N–H and O–H groups in total. The first-order chi connectivity index (χ1) is 12.1. The van der Waals surface area contributed by atoms with Crippen LogP contribution in [0.4, 0.5) is 0 Å². The van der Waals surface area contributed by atoms with Crippen molar-refractivity contribution in [3.63, 3.8) is 0 Å². The molecule has 1 radical (unpaired) electrons. The number of sulfone groups is 1. The molecule has 0 aromatic rings. The number of nitrogens with zero attached hydrogens (tertiary/aromatic N) is 1. The molecular weight excluding hydrogens is 370 g/mol. The zero-order valence-electron chi connectivity index (χ0n) is 14.0. The Labute approximate surface area is 150 Å². The fraction of sp³-hybridized carbons (Fsp3) is 0.643. The van der Waals surface area contributed by atoms with Gasteiger partial charge in [-0.3, -0.25) is 19.2 Å². The van der Waals surface area contributed by atoms with Crippen molar-refractivity contribution >= 4 is 33.5 Å². The quantitative estimate of drug-likeness (QED) is 0.456. The second-order valence-electron chi connectivity index (χ2n) is 5.84. The van der Waals surface area contributed by atoms with Gasteiger partial charge in [-0.15, -0.1) is 0 Å². The maximum Gasteiger partial charge on any atom is 0.310 e. The van der Waals surface area contributed by atoms with Gasteiger partial charge < -0.3 is 25.4 Å². The van der Waals surface area contributed by atoms with Crippen molar-refractivity contribution in [1.82, 2.24) is 10.2 Å². The van der Waals surface area contributed by atoms with Crippen LogP contribution in [-0.4, -0.2) is 80.0 Å². The molecule has 0 aliphatic carbocycles. The molecule has 11 nitrogen and oxygen atoms in total. The summed E-state index contributed by atoms with van der Waals surface area (Å²) in [7, 11) is -3.92. The highest BCUT2D eigenvalue weighted by atomic mass is 32.2. The summed E-state index contributed by atoms with van der Waals surface area (Å²) in [5.74, 6) is -3.61. The Morgan fingerprint density at radius 3 is 2.73 bits per heavy atom. The molecule has 2 saturated heterocycles. The van der Waals surface area contributed by atoms with Crippen LogP contribution in [0.3, 0.4) is 0 Å². The molecule has 12 heteroatoms. The van der Waals surface area contributed by atoms with E-state index in [0.717, 1.165) is 11.3 Å². The van der Waals surface area contributed by atoms with Crippen LogP contribution < -0.4 is 11.1 Å². The van der Waals surface area contributed by atoms with Crippen LogP contribution in [0.2, 0.25) is 0 Å². The van der Waals surface area contributed by atoms with Crippen LogP contribution in [0.25, 0.3) is 0 Å². The molecule has 0 aromatic heterocycles. The second kappa shape index (κ2) is 7.99. The molecule has 2 aliphatic rings. The van der Waals surface area contributed by atoms with Crippen molar-refractivity contribution in [2.24, 2.45) is 5.73 Å². The van der Waals surface area contributed by atoms with Crippen LogP contribution >= 0.6 is 0 Å². The lowest BCUT2D eigenvalue weighted by atomic mass is 10.2. The minimum absolute atomic E-state index is 0.0885. The van der Waals surface area contributed by atoms with E-state index in [1.165, 1.54) is 0 Å². The maximum atomic E-state index is 12.2. The summed E-state index contributed by atoms with van der Waals surface area (Å²) in [5, 5.41) is 0.922. The number of amides is 3. The third-order valence-electron chi connectivity index (χ3n) is 3.91. The van der Waals surface area contributed by atoms with Crippen molar-refractivity contribution < 1.29 is 37.1 Å². The van der Waals surface area contributed by atoms with Gasteiger partial charge in [-0.25, -0.2) is 8.42 Å². The number of carbonyl (C=O) groups is 4. The average Bonchev–Trinajstić information content (AvgIpc) is 2.82. The predicted molar refractivity (Wildman–Crippen MR) is 85.7 cm³/mol. The van der Waals surface area contributed by atoms with Gasteiger partial charge in [0.05, 0.1) is 25.1 Å². The first kappa shape index (κ1) is 20.1. The monoisotopic (exact) mass is 390 g/mol. The molecule has 0 spiro atoms. The van der Waals surface area contributed by atoms with Crippen molar-refractivity contribution in [3.05, 3.63) is 6.42 Å². The van der Waals surface area contributed by atoms with Crippen LogP contribution in [0, 0.1) is 6.42 Å². The Morgan fingerprint density at radius 2 is 2.12 bits per heavy atom. The molecule has 0 aromatic carbocycles. The van der Waals surface area contributed by atoms with Crippen molar-refractivity contribution in [2.45, 2.75) is 30.9 Å². The smallest absolute Gasteiger partial charge is 0.310 e. The van der Waals surface area contributed by atoms with Gasteiger partial charge in [-0.1, -0.05) is 0 Å². The SMILES string of the molecule is CCOC1OC(=O)CC1NC(=O)CN1CC(C(N)=O)S(=O)(=O)C[CH]C1=O. The van der Waals surface area contributed by atoms with Gasteiger partial charge in [0, 0.05) is 13.2 Å². The van der Waals surface area contributed by atoms with Gasteiger partial charge in [-0.2, -0.15) is 0 Å². The standard InChI is InChI=1S/C14H20N3O8S/c1-2-24-14-8(5-12(20)25-14)16-10(18)7-17-6-9(13(15)21)26(22,23)4-3-11(17)19/h3,8-9,14H,2,4-7H2,1H3,(H2,15,21)(H,16,18). The fourth-order valence-corrected chi connectivity index (χ4v) is 4.01. The average molecular weight is 390 g/mol. The Balaban J connectivity index is 2.03. The highest BCUT2D eigenvalue weighted by molar-refractivity contribution is 7.93. The van der Waals surface area contributed by atoms with Crippen LogP contribution in [0.1, 0.15) is 13.3 Å². The Morgan fingerprint density at radius 1 is 1.42 bits per heavy atom. The van der Waals surface area contributed by atoms with E-state index in [1.807, 2.05) is 0 Å². The largest absolute Gasteiger partial charge is 0.433 e. The molecule has 2 heterocycles. The number of esters is 1. The minimum Gasteiger partial charge on any atom is -0.433 e. The molecule has 2 fully saturated rings. The van der Waals surface area contributed by atoms with E-state index in [4.69, 9.17) is 15.2 Å². The van der Waals surface area contributed by atoms with Crippen molar-refractivity contribution in [2.75, 3.05) is 25.4 Å². The number of nitrogens with two attached hydrogens (primary N) is 1. The van der Waals surface area contributed by atoms with Crippen LogP contribution in [-0.2, 0) is 38.5 Å². The Bertz CT molecular complexity index is 707. The van der Waals surface area contributed by atoms with E-state index in [0.29, 0.717) is 0 Å². The normalized spacial score (nSPS) is 28.3. The molecule has 0 bridgehead atoms. The van der Waals surface area contributed by atoms with Crippen LogP contribution in [0.5, 0.6) is 0 Å². The van der Waals surface area contributed by atoms with E-state index in [-0.39, 0.29) is 13.0 Å². The zero-order valence-corrected chi connectivity index (χ0v) is 14.9. The molecule has 2 rings (SSSR count). The summed E-state index contributed by atoms with van der Waals surface area (Å²) < 4.78 is 34.1. The van der Waals surface area contributed by atoms with E-state index < -0.39 is 70.0 Å². The molecule has 26 heavy (non-hydrogen) atoms. The number of hydrogen-bond donors (Lipinski definition) is 2. The van der Waals surface area contributed by atoms with Gasteiger partial charge in [-0.05, 0) is 6.92 Å². The Kier molecular flexibility index (Phi) is 6.18. The topological polar surface area (TPSA) is 162 Å². The molecule has 3 amide bonds. The lowest BCUT2D eigenvalue weighted by molar-refractivity contribution is -0.164. The van der Waals surface area contributed by atoms with E-state index in [2.05, 4.69) is 5.32 Å². The van der Waals surface area contributed by atoms with Crippen molar-refractivity contribution in [1.29, 1.82) is 0 Å². The van der Waals surface area contributed by atoms with Gasteiger partial charge in [0.15, 0.2) is 15.1 Å². The first-order valence-corrected chi connectivity index (χ1v) is 9.59. The lowest BCUT2D eigenvalue weighted by Gasteiger charge is -2.24. The van der Waals surface area contributed by atoms with E-state index in [9.17, 15) is 27.6 Å². The highest BCUT2D eigenvalue weighted by Gasteiger charge is 2.40. The predicted octanol–water partition coefficient (Wildman–Crippen LogP) is -2.90. The molecule has 3 atom stereocenters. The molecule has 3 unspecified atom stereocenters. The third-order valence-corrected chi connectivity index (χ3v) is 5.79.